The molecule has 0 spiro atoms. The summed E-state index contributed by atoms with van der Waals surface area (Å²) in [4.78, 5) is 27.2. The Bertz CT molecular complexity index is 673. The third kappa shape index (κ3) is 5.09. The van der Waals surface area contributed by atoms with E-state index in [0.29, 0.717) is 12.2 Å². The van der Waals surface area contributed by atoms with E-state index in [1.165, 1.54) is 0 Å². The lowest BCUT2D eigenvalue weighted by molar-refractivity contribution is -0.130. The van der Waals surface area contributed by atoms with E-state index in [-0.39, 0.29) is 5.91 Å². The van der Waals surface area contributed by atoms with E-state index in [4.69, 9.17) is 0 Å². The van der Waals surface area contributed by atoms with E-state index in [0.717, 1.165) is 43.4 Å². The number of unbranched alkanes of at least 4 members (excludes halogenated alkanes) is 1. The number of H-pyrrole nitrogens is 1. The molecule has 1 heterocycles. The summed E-state index contributed by atoms with van der Waals surface area (Å²) in [5.74, 6) is 0.0688. The maximum absolute atomic E-state index is 12.0. The van der Waals surface area contributed by atoms with E-state index in [1.807, 2.05) is 36.2 Å². The summed E-state index contributed by atoms with van der Waals surface area (Å²) in [6.07, 6.45) is 4.39. The van der Waals surface area contributed by atoms with Crippen molar-refractivity contribution in [3.63, 3.8) is 0 Å². The lowest BCUT2D eigenvalue weighted by Crippen LogP contribution is -2.27. The predicted molar refractivity (Wildman–Crippen MR) is 88.0 cm³/mol. The summed E-state index contributed by atoms with van der Waals surface area (Å²) >= 11 is 0. The van der Waals surface area contributed by atoms with E-state index >= 15 is 0 Å². The molecule has 0 radical (unpaired) electrons. The van der Waals surface area contributed by atoms with Gasteiger partial charge in [-0.1, -0.05) is 42.8 Å². The number of nitrogens with zero attached hydrogens (tertiary/aromatic N) is 2. The number of rotatable bonds is 8. The second-order valence-electron chi connectivity index (χ2n) is 5.66. The van der Waals surface area contributed by atoms with Crippen molar-refractivity contribution in [2.75, 3.05) is 13.6 Å². The minimum atomic E-state index is -0.560. The summed E-state index contributed by atoms with van der Waals surface area (Å²) in [6, 6.07) is 7.73. The number of carbonyl (C=O) groups is 1. The Morgan fingerprint density at radius 1 is 1.26 bits per heavy atom. The van der Waals surface area contributed by atoms with Crippen molar-refractivity contribution in [1.82, 2.24) is 15.0 Å². The first-order valence-electron chi connectivity index (χ1n) is 7.99. The Kier molecular flexibility index (Phi) is 6.14. The number of hydrogen-bond acceptors (Lipinski definition) is 4. The zero-order chi connectivity index (χ0) is 16.7. The topological polar surface area (TPSA) is 79.2 Å². The lowest BCUT2D eigenvalue weighted by Gasteiger charge is -2.16. The van der Waals surface area contributed by atoms with Crippen LogP contribution in [0, 0.1) is 0 Å². The van der Waals surface area contributed by atoms with Crippen LogP contribution in [0.2, 0.25) is 0 Å². The Labute approximate surface area is 135 Å². The molecule has 124 valence electrons. The maximum Gasteiger partial charge on any atom is 0.439 e. The lowest BCUT2D eigenvalue weighted by atomic mass is 10.1. The van der Waals surface area contributed by atoms with Crippen molar-refractivity contribution in [3.8, 4) is 11.4 Å². The molecule has 0 fully saturated rings. The average Bonchev–Trinajstić information content (AvgIpc) is 2.99. The number of aryl methyl sites for hydroxylation is 1. The van der Waals surface area contributed by atoms with Crippen molar-refractivity contribution < 1.29 is 9.32 Å². The Hall–Kier alpha value is -2.37. The van der Waals surface area contributed by atoms with Gasteiger partial charge in [0.25, 0.3) is 0 Å². The van der Waals surface area contributed by atoms with Crippen LogP contribution in [0.25, 0.3) is 11.4 Å². The highest BCUT2D eigenvalue weighted by Crippen LogP contribution is 2.15. The van der Waals surface area contributed by atoms with Crippen LogP contribution in [0.3, 0.4) is 0 Å². The van der Waals surface area contributed by atoms with Crippen LogP contribution in [-0.2, 0) is 11.2 Å². The summed E-state index contributed by atoms with van der Waals surface area (Å²) < 4.78 is 4.49. The molecule has 2 rings (SSSR count). The average molecular weight is 317 g/mol. The normalized spacial score (nSPS) is 10.7. The van der Waals surface area contributed by atoms with Crippen LogP contribution in [0.15, 0.2) is 33.6 Å². The monoisotopic (exact) mass is 317 g/mol. The molecule has 0 unspecified atom stereocenters. The van der Waals surface area contributed by atoms with Gasteiger partial charge in [0.2, 0.25) is 5.91 Å². The summed E-state index contributed by atoms with van der Waals surface area (Å²) in [6.45, 7) is 2.95. The first-order chi connectivity index (χ1) is 11.1. The van der Waals surface area contributed by atoms with Crippen molar-refractivity contribution >= 4 is 5.91 Å². The molecule has 1 aromatic heterocycles. The van der Waals surface area contributed by atoms with Crippen molar-refractivity contribution in [3.05, 3.63) is 40.4 Å². The molecule has 1 aromatic carbocycles. The second-order valence-corrected chi connectivity index (χ2v) is 5.66. The molecule has 0 saturated heterocycles. The molecule has 2 aromatic rings. The van der Waals surface area contributed by atoms with Gasteiger partial charge in [-0.05, 0) is 24.8 Å². The molecule has 0 aliphatic carbocycles. The summed E-state index contributed by atoms with van der Waals surface area (Å²) in [7, 11) is 1.87. The van der Waals surface area contributed by atoms with Gasteiger partial charge < -0.3 is 4.90 Å². The molecule has 1 amide bonds. The number of amides is 1. The van der Waals surface area contributed by atoms with E-state index in [9.17, 15) is 9.59 Å². The second kappa shape index (κ2) is 8.31. The summed E-state index contributed by atoms with van der Waals surface area (Å²) in [5.41, 5.74) is 1.96. The molecule has 0 aliphatic heterocycles. The van der Waals surface area contributed by atoms with Gasteiger partial charge in [-0.2, -0.15) is 0 Å². The quantitative estimate of drug-likeness (QED) is 0.811. The van der Waals surface area contributed by atoms with Crippen LogP contribution in [-0.4, -0.2) is 34.5 Å². The van der Waals surface area contributed by atoms with Gasteiger partial charge >= 0.3 is 5.76 Å². The van der Waals surface area contributed by atoms with Crippen molar-refractivity contribution in [1.29, 1.82) is 0 Å². The van der Waals surface area contributed by atoms with Gasteiger partial charge in [0.05, 0.1) is 0 Å². The molecule has 6 heteroatoms. The van der Waals surface area contributed by atoms with Crippen LogP contribution in [0.5, 0.6) is 0 Å². The molecule has 1 N–H and O–H groups in total. The van der Waals surface area contributed by atoms with E-state index in [1.54, 1.807) is 0 Å². The first kappa shape index (κ1) is 17.0. The maximum atomic E-state index is 12.0. The van der Waals surface area contributed by atoms with Gasteiger partial charge in [0.15, 0.2) is 5.82 Å². The Morgan fingerprint density at radius 3 is 2.61 bits per heavy atom. The van der Waals surface area contributed by atoms with Gasteiger partial charge in [-0.15, -0.1) is 0 Å². The number of benzene rings is 1. The highest BCUT2D eigenvalue weighted by molar-refractivity contribution is 5.75. The minimum absolute atomic E-state index is 0.204. The van der Waals surface area contributed by atoms with Crippen LogP contribution in [0.1, 0.15) is 38.2 Å². The van der Waals surface area contributed by atoms with Crippen molar-refractivity contribution in [2.45, 2.75) is 39.0 Å². The number of nitrogens with one attached hydrogen (secondary N) is 1. The highest BCUT2D eigenvalue weighted by Gasteiger charge is 2.08. The molecular weight excluding hydrogens is 294 g/mol. The standard InChI is InChI=1S/C17H23N3O3/c1-3-4-12-20(2)15(21)7-5-6-13-8-10-14(11-9-13)16-18-17(22)23-19-16/h8-11H,3-7,12H2,1-2H3,(H,18,19,22). The molecule has 0 aliphatic rings. The fraction of sp³-hybridized carbons (Fsp3) is 0.471. The molecule has 0 saturated carbocycles. The van der Waals surface area contributed by atoms with Crippen LogP contribution < -0.4 is 5.76 Å². The predicted octanol–water partition coefficient (Wildman–Crippen LogP) is 2.61. The van der Waals surface area contributed by atoms with Gasteiger partial charge in [-0.3, -0.25) is 14.3 Å². The summed E-state index contributed by atoms with van der Waals surface area (Å²) in [5, 5.41) is 3.65. The smallest absolute Gasteiger partial charge is 0.346 e. The Morgan fingerprint density at radius 2 is 2.00 bits per heavy atom. The molecule has 23 heavy (non-hydrogen) atoms. The van der Waals surface area contributed by atoms with Crippen LogP contribution >= 0.6 is 0 Å². The number of aromatic amines is 1. The van der Waals surface area contributed by atoms with Gasteiger partial charge in [0, 0.05) is 25.6 Å². The van der Waals surface area contributed by atoms with Gasteiger partial charge in [-0.25, -0.2) is 4.79 Å². The van der Waals surface area contributed by atoms with Crippen molar-refractivity contribution in [2.24, 2.45) is 0 Å². The van der Waals surface area contributed by atoms with E-state index in [2.05, 4.69) is 21.6 Å². The molecule has 0 atom stereocenters. The zero-order valence-electron chi connectivity index (χ0n) is 13.7. The van der Waals surface area contributed by atoms with Gasteiger partial charge in [0.1, 0.15) is 0 Å². The minimum Gasteiger partial charge on any atom is -0.346 e. The number of hydrogen-bond donors (Lipinski definition) is 1. The third-order valence-corrected chi connectivity index (χ3v) is 3.80. The number of aromatic nitrogens is 2. The highest BCUT2D eigenvalue weighted by atomic mass is 16.5. The first-order valence-corrected chi connectivity index (χ1v) is 7.99. The largest absolute Gasteiger partial charge is 0.439 e. The molecular formula is C17H23N3O3. The van der Waals surface area contributed by atoms with Crippen LogP contribution in [0.4, 0.5) is 0 Å². The SMILES string of the molecule is CCCCN(C)C(=O)CCCc1ccc(-c2noc(=O)[nH]2)cc1. The number of carbonyl (C=O) groups excluding carboxylic acids is 1. The van der Waals surface area contributed by atoms with E-state index < -0.39 is 5.76 Å². The Balaban J connectivity index is 1.80. The molecule has 0 bridgehead atoms. The molecule has 6 nitrogen and oxygen atoms in total. The third-order valence-electron chi connectivity index (χ3n) is 3.80. The fourth-order valence-corrected chi connectivity index (χ4v) is 2.34. The fourth-order valence-electron chi connectivity index (χ4n) is 2.34. The zero-order valence-corrected chi connectivity index (χ0v) is 13.7.